The molecule has 0 aliphatic rings. The minimum absolute atomic E-state index is 0.218. The van der Waals surface area contributed by atoms with Gasteiger partial charge in [-0.15, -0.1) is 0 Å². The Morgan fingerprint density at radius 3 is 2.46 bits per heavy atom. The van der Waals surface area contributed by atoms with Gasteiger partial charge in [-0.2, -0.15) is 0 Å². The third-order valence-electron chi connectivity index (χ3n) is 3.50. The second kappa shape index (κ2) is 6.91. The van der Waals surface area contributed by atoms with Crippen molar-refractivity contribution in [1.29, 1.82) is 0 Å². The van der Waals surface area contributed by atoms with Crippen LogP contribution in [0, 0.1) is 6.92 Å². The van der Waals surface area contributed by atoms with Gasteiger partial charge in [0.1, 0.15) is 17.3 Å². The van der Waals surface area contributed by atoms with E-state index in [4.69, 9.17) is 4.74 Å². The number of aromatic nitrogens is 2. The first-order valence-corrected chi connectivity index (χ1v) is 7.55. The fourth-order valence-electron chi connectivity index (χ4n) is 2.29. The fraction of sp³-hybridized carbons (Fsp3) is 0.105. The molecule has 0 aliphatic carbocycles. The largest absolute Gasteiger partial charge is 0.455 e. The lowest BCUT2D eigenvalue weighted by Crippen LogP contribution is -2.27. The number of para-hydroxylation sites is 3. The second-order valence-corrected chi connectivity index (χ2v) is 5.24. The number of aryl methyl sites for hydroxylation is 1. The zero-order chi connectivity index (χ0) is 16.9. The summed E-state index contributed by atoms with van der Waals surface area (Å²) in [5.74, 6) is 1.65. The van der Waals surface area contributed by atoms with Crippen molar-refractivity contribution >= 4 is 11.6 Å². The van der Waals surface area contributed by atoms with E-state index in [2.05, 4.69) is 9.97 Å². The normalized spacial score (nSPS) is 10.2. The smallest absolute Gasteiger partial charge is 0.276 e. The van der Waals surface area contributed by atoms with E-state index < -0.39 is 0 Å². The third-order valence-corrected chi connectivity index (χ3v) is 3.50. The Bertz CT molecular complexity index is 850. The molecule has 0 radical (unpaired) electrons. The first kappa shape index (κ1) is 15.7. The highest BCUT2D eigenvalue weighted by Gasteiger charge is 2.18. The van der Waals surface area contributed by atoms with Crippen LogP contribution in [0.15, 0.2) is 66.9 Å². The zero-order valence-electron chi connectivity index (χ0n) is 13.5. The molecule has 1 amide bonds. The molecule has 0 atom stereocenters. The molecule has 3 aromatic rings. The van der Waals surface area contributed by atoms with Gasteiger partial charge < -0.3 is 9.64 Å². The highest BCUT2D eigenvalue weighted by atomic mass is 16.5. The van der Waals surface area contributed by atoms with Crippen LogP contribution in [-0.4, -0.2) is 22.9 Å². The Balaban J connectivity index is 1.90. The van der Waals surface area contributed by atoms with Crippen LogP contribution in [-0.2, 0) is 0 Å². The number of hydrogen-bond acceptors (Lipinski definition) is 4. The topological polar surface area (TPSA) is 55.3 Å². The average molecular weight is 319 g/mol. The van der Waals surface area contributed by atoms with Gasteiger partial charge in [-0.1, -0.05) is 30.3 Å². The van der Waals surface area contributed by atoms with Gasteiger partial charge in [-0.05, 0) is 37.3 Å². The molecule has 0 aliphatic heterocycles. The summed E-state index contributed by atoms with van der Waals surface area (Å²) >= 11 is 0. The molecule has 3 rings (SSSR count). The maximum absolute atomic E-state index is 12.7. The molecular weight excluding hydrogens is 302 g/mol. The van der Waals surface area contributed by atoms with E-state index in [1.54, 1.807) is 26.2 Å². The number of ether oxygens (including phenoxy) is 1. The molecule has 0 saturated heterocycles. The summed E-state index contributed by atoms with van der Waals surface area (Å²) in [4.78, 5) is 22.4. The Hall–Kier alpha value is -3.21. The first-order valence-electron chi connectivity index (χ1n) is 7.55. The van der Waals surface area contributed by atoms with Gasteiger partial charge in [-0.3, -0.25) is 4.79 Å². The van der Waals surface area contributed by atoms with Gasteiger partial charge in [0.2, 0.25) is 0 Å². The highest BCUT2D eigenvalue weighted by Crippen LogP contribution is 2.32. The molecule has 24 heavy (non-hydrogen) atoms. The number of rotatable bonds is 4. The lowest BCUT2D eigenvalue weighted by molar-refractivity contribution is 0.0987. The Morgan fingerprint density at radius 2 is 1.71 bits per heavy atom. The monoisotopic (exact) mass is 319 g/mol. The lowest BCUT2D eigenvalue weighted by Gasteiger charge is -2.20. The van der Waals surface area contributed by atoms with Crippen molar-refractivity contribution in [3.63, 3.8) is 0 Å². The maximum Gasteiger partial charge on any atom is 0.276 e. The summed E-state index contributed by atoms with van der Waals surface area (Å²) in [5, 5.41) is 0. The number of benzene rings is 2. The average Bonchev–Trinajstić information content (AvgIpc) is 2.62. The van der Waals surface area contributed by atoms with Gasteiger partial charge in [0, 0.05) is 13.2 Å². The van der Waals surface area contributed by atoms with Crippen LogP contribution in [0.4, 0.5) is 5.69 Å². The molecule has 0 saturated carbocycles. The minimum atomic E-state index is -0.218. The van der Waals surface area contributed by atoms with Crippen molar-refractivity contribution in [2.75, 3.05) is 11.9 Å². The SMILES string of the molecule is Cc1nccc(C(=O)N(C)c2ccccc2Oc2ccccc2)n1. The van der Waals surface area contributed by atoms with Crippen molar-refractivity contribution in [2.45, 2.75) is 6.92 Å². The summed E-state index contributed by atoms with van der Waals surface area (Å²) < 4.78 is 5.91. The predicted molar refractivity (Wildman–Crippen MR) is 92.5 cm³/mol. The fourth-order valence-corrected chi connectivity index (χ4v) is 2.29. The van der Waals surface area contributed by atoms with Crippen LogP contribution in [0.5, 0.6) is 11.5 Å². The van der Waals surface area contributed by atoms with Crippen molar-refractivity contribution in [3.8, 4) is 11.5 Å². The van der Waals surface area contributed by atoms with Gasteiger partial charge in [0.05, 0.1) is 5.69 Å². The Kier molecular flexibility index (Phi) is 4.52. The van der Waals surface area contributed by atoms with Crippen LogP contribution >= 0.6 is 0 Å². The zero-order valence-corrected chi connectivity index (χ0v) is 13.5. The first-order chi connectivity index (χ1) is 11.6. The van der Waals surface area contributed by atoms with E-state index in [1.165, 1.54) is 4.90 Å². The number of anilines is 1. The molecule has 5 nitrogen and oxygen atoms in total. The van der Waals surface area contributed by atoms with Crippen LogP contribution in [0.1, 0.15) is 16.3 Å². The van der Waals surface area contributed by atoms with Crippen LogP contribution in [0.3, 0.4) is 0 Å². The molecule has 0 unspecified atom stereocenters. The highest BCUT2D eigenvalue weighted by molar-refractivity contribution is 6.05. The molecule has 1 aromatic heterocycles. The number of amides is 1. The second-order valence-electron chi connectivity index (χ2n) is 5.24. The summed E-state index contributed by atoms with van der Waals surface area (Å²) in [6, 6.07) is 18.5. The van der Waals surface area contributed by atoms with Crippen molar-refractivity contribution in [1.82, 2.24) is 9.97 Å². The molecule has 0 bridgehead atoms. The van der Waals surface area contributed by atoms with Crippen molar-refractivity contribution in [2.24, 2.45) is 0 Å². The summed E-state index contributed by atoms with van der Waals surface area (Å²) in [6.07, 6.45) is 1.58. The van der Waals surface area contributed by atoms with Crippen molar-refractivity contribution < 1.29 is 9.53 Å². The van der Waals surface area contributed by atoms with Gasteiger partial charge >= 0.3 is 0 Å². The quantitative estimate of drug-likeness (QED) is 0.733. The molecule has 120 valence electrons. The summed E-state index contributed by atoms with van der Waals surface area (Å²) in [6.45, 7) is 1.75. The number of carbonyl (C=O) groups is 1. The number of nitrogens with zero attached hydrogens (tertiary/aromatic N) is 3. The van der Waals surface area contributed by atoms with E-state index in [1.807, 2.05) is 54.6 Å². The predicted octanol–water partition coefficient (Wildman–Crippen LogP) is 3.85. The maximum atomic E-state index is 12.7. The standard InChI is InChI=1S/C19H17N3O2/c1-14-20-13-12-16(21-14)19(23)22(2)17-10-6-7-11-18(17)24-15-8-4-3-5-9-15/h3-13H,1-2H3. The van der Waals surface area contributed by atoms with Gasteiger partial charge in [-0.25, -0.2) is 9.97 Å². The molecule has 0 fully saturated rings. The number of hydrogen-bond donors (Lipinski definition) is 0. The van der Waals surface area contributed by atoms with E-state index in [-0.39, 0.29) is 5.91 Å². The molecule has 1 heterocycles. The Labute approximate surface area is 140 Å². The summed E-state index contributed by atoms with van der Waals surface area (Å²) in [5.41, 5.74) is 1.02. The minimum Gasteiger partial charge on any atom is -0.455 e. The van der Waals surface area contributed by atoms with E-state index in [0.717, 1.165) is 0 Å². The molecule has 0 spiro atoms. The third kappa shape index (κ3) is 3.41. The van der Waals surface area contributed by atoms with Crippen molar-refractivity contribution in [3.05, 3.63) is 78.4 Å². The lowest BCUT2D eigenvalue weighted by atomic mass is 10.2. The van der Waals surface area contributed by atoms with E-state index in [9.17, 15) is 4.79 Å². The summed E-state index contributed by atoms with van der Waals surface area (Å²) in [7, 11) is 1.70. The van der Waals surface area contributed by atoms with Crippen LogP contribution < -0.4 is 9.64 Å². The molecule has 5 heteroatoms. The molecular formula is C19H17N3O2. The van der Waals surface area contributed by atoms with E-state index in [0.29, 0.717) is 28.7 Å². The Morgan fingerprint density at radius 1 is 1.00 bits per heavy atom. The van der Waals surface area contributed by atoms with Gasteiger partial charge in [0.25, 0.3) is 5.91 Å². The molecule has 2 aromatic carbocycles. The molecule has 0 N–H and O–H groups in total. The van der Waals surface area contributed by atoms with E-state index >= 15 is 0 Å². The van der Waals surface area contributed by atoms with Crippen LogP contribution in [0.2, 0.25) is 0 Å². The van der Waals surface area contributed by atoms with Crippen LogP contribution in [0.25, 0.3) is 0 Å². The van der Waals surface area contributed by atoms with Gasteiger partial charge in [0.15, 0.2) is 5.75 Å². The number of carbonyl (C=O) groups excluding carboxylic acids is 1.